The number of ether oxygens (including phenoxy) is 1. The lowest BCUT2D eigenvalue weighted by Crippen LogP contribution is -2.52. The SMILES string of the molecule is Cc1ccc(CC(=O)OCC(=O)NN2C(=O)NC3(CCC(C)CC3)C2=O)cn1. The van der Waals surface area contributed by atoms with Gasteiger partial charge in [-0.15, -0.1) is 0 Å². The van der Waals surface area contributed by atoms with E-state index in [-0.39, 0.29) is 6.42 Å². The average Bonchev–Trinajstić information content (AvgIpc) is 2.89. The predicted octanol–water partition coefficient (Wildman–Crippen LogP) is 1.01. The van der Waals surface area contributed by atoms with E-state index >= 15 is 0 Å². The van der Waals surface area contributed by atoms with Crippen LogP contribution in [0.15, 0.2) is 18.3 Å². The summed E-state index contributed by atoms with van der Waals surface area (Å²) in [5.74, 6) is -1.31. The fraction of sp³-hybridized carbons (Fsp3) is 0.526. The Balaban J connectivity index is 1.49. The molecule has 0 bridgehead atoms. The lowest BCUT2D eigenvalue weighted by molar-refractivity contribution is -0.150. The van der Waals surface area contributed by atoms with Crippen LogP contribution in [0.1, 0.15) is 43.9 Å². The number of aryl methyl sites for hydroxylation is 1. The van der Waals surface area contributed by atoms with E-state index in [1.165, 1.54) is 0 Å². The minimum absolute atomic E-state index is 0.0228. The van der Waals surface area contributed by atoms with Gasteiger partial charge in [-0.3, -0.25) is 24.8 Å². The molecule has 1 aliphatic carbocycles. The van der Waals surface area contributed by atoms with E-state index in [4.69, 9.17) is 4.74 Å². The Morgan fingerprint density at radius 3 is 2.68 bits per heavy atom. The summed E-state index contributed by atoms with van der Waals surface area (Å²) < 4.78 is 4.92. The second-order valence-corrected chi connectivity index (χ2v) is 7.52. The molecule has 28 heavy (non-hydrogen) atoms. The number of urea groups is 1. The maximum atomic E-state index is 12.7. The lowest BCUT2D eigenvalue weighted by Gasteiger charge is -2.33. The standard InChI is InChI=1S/C19H24N4O5/c1-12-5-7-19(8-6-12)17(26)23(18(27)21-19)22-15(24)11-28-16(25)9-14-4-3-13(2)20-10-14/h3-4,10,12H,5-9,11H2,1-2H3,(H,21,27)(H,22,24). The molecule has 0 atom stereocenters. The van der Waals surface area contributed by atoms with Gasteiger partial charge in [-0.1, -0.05) is 13.0 Å². The van der Waals surface area contributed by atoms with Crippen molar-refractivity contribution < 1.29 is 23.9 Å². The molecule has 0 radical (unpaired) electrons. The molecule has 1 saturated carbocycles. The van der Waals surface area contributed by atoms with Crippen LogP contribution < -0.4 is 10.7 Å². The highest BCUT2D eigenvalue weighted by Crippen LogP contribution is 2.35. The number of rotatable bonds is 5. The third kappa shape index (κ3) is 4.29. The van der Waals surface area contributed by atoms with Gasteiger partial charge >= 0.3 is 12.0 Å². The highest BCUT2D eigenvalue weighted by molar-refractivity contribution is 6.08. The number of carbonyl (C=O) groups excluding carboxylic acids is 4. The molecule has 2 N–H and O–H groups in total. The van der Waals surface area contributed by atoms with Gasteiger partial charge in [0.05, 0.1) is 6.42 Å². The number of hydrogen-bond donors (Lipinski definition) is 2. The van der Waals surface area contributed by atoms with Gasteiger partial charge in [0.2, 0.25) is 0 Å². The molecule has 2 aliphatic rings. The summed E-state index contributed by atoms with van der Waals surface area (Å²) in [7, 11) is 0. The fourth-order valence-corrected chi connectivity index (χ4v) is 3.44. The van der Waals surface area contributed by atoms with Crippen molar-refractivity contribution in [1.29, 1.82) is 0 Å². The van der Waals surface area contributed by atoms with E-state index in [0.29, 0.717) is 29.3 Å². The number of carbonyl (C=O) groups is 4. The minimum Gasteiger partial charge on any atom is -0.455 e. The van der Waals surface area contributed by atoms with Crippen LogP contribution in [0.25, 0.3) is 0 Å². The normalized spacial score (nSPS) is 24.2. The highest BCUT2D eigenvalue weighted by atomic mass is 16.5. The van der Waals surface area contributed by atoms with Gasteiger partial charge in [-0.05, 0) is 50.2 Å². The number of aromatic nitrogens is 1. The molecule has 1 aliphatic heterocycles. The van der Waals surface area contributed by atoms with E-state index in [0.717, 1.165) is 18.5 Å². The largest absolute Gasteiger partial charge is 0.455 e. The Labute approximate surface area is 162 Å². The number of nitrogens with one attached hydrogen (secondary N) is 2. The van der Waals surface area contributed by atoms with Crippen LogP contribution in [0.3, 0.4) is 0 Å². The van der Waals surface area contributed by atoms with Gasteiger partial charge in [0, 0.05) is 11.9 Å². The van der Waals surface area contributed by atoms with Gasteiger partial charge in [0.25, 0.3) is 11.8 Å². The summed E-state index contributed by atoms with van der Waals surface area (Å²) in [4.78, 5) is 52.8. The van der Waals surface area contributed by atoms with E-state index in [1.807, 2.05) is 6.92 Å². The van der Waals surface area contributed by atoms with Gasteiger partial charge < -0.3 is 10.1 Å². The molecule has 0 aromatic carbocycles. The van der Waals surface area contributed by atoms with Crippen LogP contribution in [0, 0.1) is 12.8 Å². The number of esters is 1. The molecule has 2 heterocycles. The first kappa shape index (κ1) is 19.8. The Morgan fingerprint density at radius 1 is 1.32 bits per heavy atom. The summed E-state index contributed by atoms with van der Waals surface area (Å²) in [6.45, 7) is 3.36. The summed E-state index contributed by atoms with van der Waals surface area (Å²) in [5, 5.41) is 3.40. The molecule has 1 aromatic rings. The second kappa shape index (κ2) is 7.95. The van der Waals surface area contributed by atoms with Crippen molar-refractivity contribution >= 4 is 23.8 Å². The molecule has 0 unspecified atom stereocenters. The van der Waals surface area contributed by atoms with E-state index in [2.05, 4.69) is 22.7 Å². The third-order valence-electron chi connectivity index (χ3n) is 5.21. The zero-order valence-corrected chi connectivity index (χ0v) is 16.0. The molecule has 3 rings (SSSR count). The molecule has 1 saturated heterocycles. The van der Waals surface area contributed by atoms with Crippen molar-refractivity contribution in [2.24, 2.45) is 5.92 Å². The smallest absolute Gasteiger partial charge is 0.344 e. The first-order valence-electron chi connectivity index (χ1n) is 9.32. The Bertz CT molecular complexity index is 784. The zero-order valence-electron chi connectivity index (χ0n) is 16.0. The van der Waals surface area contributed by atoms with Gasteiger partial charge in [-0.25, -0.2) is 4.79 Å². The molecule has 1 spiro atoms. The number of nitrogens with zero attached hydrogens (tertiary/aromatic N) is 2. The van der Waals surface area contributed by atoms with Crippen LogP contribution >= 0.6 is 0 Å². The van der Waals surface area contributed by atoms with Crippen molar-refractivity contribution in [3.05, 3.63) is 29.6 Å². The average molecular weight is 388 g/mol. The predicted molar refractivity (Wildman–Crippen MR) is 97.5 cm³/mol. The van der Waals surface area contributed by atoms with Crippen LogP contribution in [0.2, 0.25) is 0 Å². The molecular formula is C19H24N4O5. The van der Waals surface area contributed by atoms with Crippen molar-refractivity contribution in [3.8, 4) is 0 Å². The van der Waals surface area contributed by atoms with Gasteiger partial charge in [-0.2, -0.15) is 5.01 Å². The van der Waals surface area contributed by atoms with Gasteiger partial charge in [0.15, 0.2) is 6.61 Å². The highest BCUT2D eigenvalue weighted by Gasteiger charge is 2.52. The molecule has 150 valence electrons. The van der Waals surface area contributed by atoms with Crippen molar-refractivity contribution in [2.75, 3.05) is 6.61 Å². The molecule has 9 heteroatoms. The number of pyridine rings is 1. The first-order chi connectivity index (χ1) is 13.3. The first-order valence-corrected chi connectivity index (χ1v) is 9.32. The summed E-state index contributed by atoms with van der Waals surface area (Å²) >= 11 is 0. The van der Waals surface area contributed by atoms with Crippen molar-refractivity contribution in [1.82, 2.24) is 20.7 Å². The zero-order chi connectivity index (χ0) is 20.3. The van der Waals surface area contributed by atoms with Gasteiger partial charge in [0.1, 0.15) is 5.54 Å². The fourth-order valence-electron chi connectivity index (χ4n) is 3.44. The number of imide groups is 1. The maximum Gasteiger partial charge on any atom is 0.344 e. The Kier molecular flexibility index (Phi) is 5.62. The monoisotopic (exact) mass is 388 g/mol. The Morgan fingerprint density at radius 2 is 2.04 bits per heavy atom. The number of amides is 4. The summed E-state index contributed by atoms with van der Waals surface area (Å²) in [6.07, 6.45) is 4.30. The van der Waals surface area contributed by atoms with E-state index in [1.54, 1.807) is 18.3 Å². The van der Waals surface area contributed by atoms with Crippen molar-refractivity contribution in [3.63, 3.8) is 0 Å². The maximum absolute atomic E-state index is 12.7. The Hall–Kier alpha value is -2.97. The van der Waals surface area contributed by atoms with E-state index in [9.17, 15) is 19.2 Å². The van der Waals surface area contributed by atoms with Crippen molar-refractivity contribution in [2.45, 2.75) is 51.5 Å². The van der Waals surface area contributed by atoms with Crippen LogP contribution in [-0.4, -0.2) is 46.0 Å². The van der Waals surface area contributed by atoms with Crippen LogP contribution in [0.5, 0.6) is 0 Å². The molecule has 9 nitrogen and oxygen atoms in total. The minimum atomic E-state index is -0.939. The summed E-state index contributed by atoms with van der Waals surface area (Å²) in [6, 6.07) is 2.86. The summed E-state index contributed by atoms with van der Waals surface area (Å²) in [5.41, 5.74) is 2.79. The molecular weight excluding hydrogens is 364 g/mol. The topological polar surface area (TPSA) is 118 Å². The van der Waals surface area contributed by atoms with Crippen LogP contribution in [0.4, 0.5) is 4.79 Å². The third-order valence-corrected chi connectivity index (χ3v) is 5.21. The van der Waals surface area contributed by atoms with E-state index < -0.39 is 36.0 Å². The molecule has 1 aromatic heterocycles. The second-order valence-electron chi connectivity index (χ2n) is 7.52. The lowest BCUT2D eigenvalue weighted by atomic mass is 9.77. The molecule has 2 fully saturated rings. The molecule has 4 amide bonds. The number of hydrogen-bond acceptors (Lipinski definition) is 6. The quantitative estimate of drug-likeness (QED) is 0.574. The number of hydrazine groups is 1. The van der Waals surface area contributed by atoms with Crippen LogP contribution in [-0.2, 0) is 25.5 Å².